The van der Waals surface area contributed by atoms with E-state index in [0.29, 0.717) is 18.4 Å². The van der Waals surface area contributed by atoms with Gasteiger partial charge in [0, 0.05) is 0 Å². The highest BCUT2D eigenvalue weighted by Gasteiger charge is 2.51. The van der Waals surface area contributed by atoms with E-state index >= 15 is 0 Å². The lowest BCUT2D eigenvalue weighted by Crippen LogP contribution is -3.12. The van der Waals surface area contributed by atoms with E-state index in [1.807, 2.05) is 30.3 Å². The Morgan fingerprint density at radius 2 is 1.65 bits per heavy atom. The molecule has 3 heteroatoms. The fourth-order valence-corrected chi connectivity index (χ4v) is 3.98. The molecule has 1 aliphatic carbocycles. The molecular weight excluding hydrogens is 286 g/mol. The van der Waals surface area contributed by atoms with E-state index in [0.717, 1.165) is 19.4 Å². The summed E-state index contributed by atoms with van der Waals surface area (Å²) in [5, 5.41) is 22.4. The van der Waals surface area contributed by atoms with Gasteiger partial charge in [0.25, 0.3) is 0 Å². The Kier molecular flexibility index (Phi) is 5.06. The molecule has 1 atom stereocenters. The summed E-state index contributed by atoms with van der Waals surface area (Å²) in [5.41, 5.74) is -1.87. The first-order valence-electron chi connectivity index (χ1n) is 8.98. The second-order valence-corrected chi connectivity index (χ2v) is 7.10. The highest BCUT2D eigenvalue weighted by molar-refractivity contribution is 5.36. The van der Waals surface area contributed by atoms with Crippen molar-refractivity contribution >= 4 is 0 Å². The zero-order valence-corrected chi connectivity index (χ0v) is 13.9. The molecule has 1 aliphatic heterocycles. The minimum atomic E-state index is -1.46. The molecule has 0 radical (unpaired) electrons. The first-order valence-corrected chi connectivity index (χ1v) is 8.98. The van der Waals surface area contributed by atoms with Crippen LogP contribution >= 0.6 is 0 Å². The predicted octanol–water partition coefficient (Wildman–Crippen LogP) is 1.25. The molecule has 0 bridgehead atoms. The summed E-state index contributed by atoms with van der Waals surface area (Å²) >= 11 is 0. The molecule has 0 unspecified atom stereocenters. The zero-order valence-electron chi connectivity index (χ0n) is 13.9. The van der Waals surface area contributed by atoms with Gasteiger partial charge >= 0.3 is 0 Å². The molecule has 1 aromatic rings. The van der Waals surface area contributed by atoms with Crippen LogP contribution in [0.3, 0.4) is 0 Å². The quantitative estimate of drug-likeness (QED) is 0.735. The number of hydrogen-bond donors (Lipinski definition) is 3. The SMILES string of the molecule is OC1([C@](O)(C#CC[NH+]2CCCCC2)c2ccccc2)CCCC1. The lowest BCUT2D eigenvalue weighted by molar-refractivity contribution is -0.897. The minimum absolute atomic E-state index is 0.615. The average Bonchev–Trinajstić information content (AvgIpc) is 3.05. The molecule has 1 saturated heterocycles. The van der Waals surface area contributed by atoms with E-state index in [1.165, 1.54) is 37.3 Å². The van der Waals surface area contributed by atoms with Crippen molar-refractivity contribution in [2.45, 2.75) is 56.1 Å². The second-order valence-electron chi connectivity index (χ2n) is 7.10. The Bertz CT molecular complexity index is 562. The molecule has 1 saturated carbocycles. The van der Waals surface area contributed by atoms with Crippen molar-refractivity contribution in [3.63, 3.8) is 0 Å². The van der Waals surface area contributed by atoms with Crippen molar-refractivity contribution in [2.24, 2.45) is 0 Å². The average molecular weight is 314 g/mol. The third kappa shape index (κ3) is 3.45. The number of likely N-dealkylation sites (tertiary alicyclic amines) is 1. The Hall–Kier alpha value is -1.34. The monoisotopic (exact) mass is 314 g/mol. The molecule has 23 heavy (non-hydrogen) atoms. The van der Waals surface area contributed by atoms with Crippen LogP contribution in [0.4, 0.5) is 0 Å². The fraction of sp³-hybridized carbons (Fsp3) is 0.600. The topological polar surface area (TPSA) is 44.9 Å². The van der Waals surface area contributed by atoms with Crippen molar-refractivity contribution in [3.05, 3.63) is 35.9 Å². The van der Waals surface area contributed by atoms with E-state index in [4.69, 9.17) is 0 Å². The molecule has 1 heterocycles. The van der Waals surface area contributed by atoms with Gasteiger partial charge in [0.1, 0.15) is 12.1 Å². The molecule has 0 spiro atoms. The summed E-state index contributed by atoms with van der Waals surface area (Å²) in [6.45, 7) is 3.09. The number of hydrogen-bond acceptors (Lipinski definition) is 2. The normalized spacial score (nSPS) is 23.7. The third-order valence-corrected chi connectivity index (χ3v) is 5.46. The van der Waals surface area contributed by atoms with E-state index in [1.54, 1.807) is 0 Å². The number of quaternary nitrogens is 1. The van der Waals surface area contributed by atoms with Crippen molar-refractivity contribution in [3.8, 4) is 11.8 Å². The molecule has 2 fully saturated rings. The van der Waals surface area contributed by atoms with Crippen molar-refractivity contribution in [1.29, 1.82) is 0 Å². The maximum absolute atomic E-state index is 11.3. The zero-order chi connectivity index (χ0) is 16.2. The molecule has 124 valence electrons. The van der Waals surface area contributed by atoms with Crippen LogP contribution in [0.25, 0.3) is 0 Å². The van der Waals surface area contributed by atoms with Gasteiger partial charge in [-0.25, -0.2) is 0 Å². The Morgan fingerprint density at radius 1 is 1.00 bits per heavy atom. The van der Waals surface area contributed by atoms with E-state index in [-0.39, 0.29) is 0 Å². The van der Waals surface area contributed by atoms with Crippen LogP contribution in [0.1, 0.15) is 50.5 Å². The largest absolute Gasteiger partial charge is 0.385 e. The van der Waals surface area contributed by atoms with Gasteiger partial charge in [-0.3, -0.25) is 0 Å². The van der Waals surface area contributed by atoms with Crippen LogP contribution in [0, 0.1) is 11.8 Å². The summed E-state index contributed by atoms with van der Waals surface area (Å²) in [5.74, 6) is 6.28. The van der Waals surface area contributed by atoms with Gasteiger partial charge < -0.3 is 15.1 Å². The first kappa shape index (κ1) is 16.5. The standard InChI is InChI=1S/C20H27NO2/c22-19(12-5-6-13-19)20(23,18-10-3-1-4-11-18)14-9-17-21-15-7-2-8-16-21/h1,3-4,10-11,22-23H,2,5-8,12-13,15-17H2/p+1/t20-/m0/s1. The van der Waals surface area contributed by atoms with Gasteiger partial charge in [-0.15, -0.1) is 0 Å². The first-order chi connectivity index (χ1) is 11.1. The van der Waals surface area contributed by atoms with Gasteiger partial charge in [-0.1, -0.05) is 49.1 Å². The van der Waals surface area contributed by atoms with Crippen LogP contribution in [-0.2, 0) is 5.60 Å². The number of piperidine rings is 1. The summed E-state index contributed by atoms with van der Waals surface area (Å²) in [7, 11) is 0. The number of benzene rings is 1. The van der Waals surface area contributed by atoms with Crippen LogP contribution in [0.2, 0.25) is 0 Å². The highest BCUT2D eigenvalue weighted by atomic mass is 16.4. The molecule has 3 nitrogen and oxygen atoms in total. The van der Waals surface area contributed by atoms with Crippen LogP contribution in [0.5, 0.6) is 0 Å². The summed E-state index contributed by atoms with van der Waals surface area (Å²) in [6.07, 6.45) is 6.99. The molecule has 1 aromatic carbocycles. The Morgan fingerprint density at radius 3 is 2.30 bits per heavy atom. The van der Waals surface area contributed by atoms with Gasteiger partial charge in [-0.2, -0.15) is 0 Å². The maximum atomic E-state index is 11.3. The molecule has 2 aliphatic rings. The number of rotatable bonds is 3. The van der Waals surface area contributed by atoms with Crippen molar-refractivity contribution in [1.82, 2.24) is 0 Å². The molecule has 0 aromatic heterocycles. The van der Waals surface area contributed by atoms with Crippen molar-refractivity contribution < 1.29 is 15.1 Å². The fourth-order valence-electron chi connectivity index (χ4n) is 3.98. The third-order valence-electron chi connectivity index (χ3n) is 5.46. The Labute approximate surface area is 139 Å². The van der Waals surface area contributed by atoms with E-state index in [2.05, 4.69) is 11.8 Å². The molecular formula is C20H28NO2+. The maximum Gasteiger partial charge on any atom is 0.180 e. The lowest BCUT2D eigenvalue weighted by atomic mass is 9.76. The smallest absolute Gasteiger partial charge is 0.180 e. The van der Waals surface area contributed by atoms with Crippen molar-refractivity contribution in [2.75, 3.05) is 19.6 Å². The Balaban J connectivity index is 1.84. The molecule has 3 rings (SSSR count). The lowest BCUT2D eigenvalue weighted by Gasteiger charge is -2.37. The number of aliphatic hydroxyl groups is 2. The summed E-state index contributed by atoms with van der Waals surface area (Å²) < 4.78 is 0. The van der Waals surface area contributed by atoms with Gasteiger partial charge in [-0.05, 0) is 43.6 Å². The van der Waals surface area contributed by atoms with Gasteiger partial charge in [0.05, 0.1) is 13.1 Å². The second kappa shape index (κ2) is 7.05. The van der Waals surface area contributed by atoms with E-state index in [9.17, 15) is 10.2 Å². The van der Waals surface area contributed by atoms with E-state index < -0.39 is 11.2 Å². The molecule has 3 N–H and O–H groups in total. The number of nitrogens with one attached hydrogen (secondary N) is 1. The van der Waals surface area contributed by atoms with Crippen LogP contribution in [0.15, 0.2) is 30.3 Å². The van der Waals surface area contributed by atoms with Crippen LogP contribution < -0.4 is 4.90 Å². The predicted molar refractivity (Wildman–Crippen MR) is 90.9 cm³/mol. The summed E-state index contributed by atoms with van der Waals surface area (Å²) in [4.78, 5) is 1.50. The summed E-state index contributed by atoms with van der Waals surface area (Å²) in [6, 6.07) is 9.47. The molecule has 0 amide bonds. The van der Waals surface area contributed by atoms with Crippen LogP contribution in [-0.4, -0.2) is 35.4 Å². The van der Waals surface area contributed by atoms with Gasteiger partial charge in [0.2, 0.25) is 0 Å². The minimum Gasteiger partial charge on any atom is -0.385 e. The van der Waals surface area contributed by atoms with Gasteiger partial charge in [0.15, 0.2) is 5.60 Å². The highest BCUT2D eigenvalue weighted by Crippen LogP contribution is 2.43.